The number of benzene rings is 2. The Morgan fingerprint density at radius 2 is 2.00 bits per heavy atom. The quantitative estimate of drug-likeness (QED) is 0.569. The number of hydrogen-bond donors (Lipinski definition) is 2. The van der Waals surface area contributed by atoms with Gasteiger partial charge in [-0.2, -0.15) is 5.10 Å². The van der Waals surface area contributed by atoms with Crippen LogP contribution in [0.3, 0.4) is 0 Å². The van der Waals surface area contributed by atoms with E-state index < -0.39 is 5.97 Å². The molecule has 0 aliphatic heterocycles. The summed E-state index contributed by atoms with van der Waals surface area (Å²) in [5.74, 6) is -0.818. The molecule has 0 amide bonds. The van der Waals surface area contributed by atoms with Crippen LogP contribution in [0.5, 0.6) is 0 Å². The van der Waals surface area contributed by atoms with Crippen molar-refractivity contribution in [1.82, 2.24) is 9.78 Å². The van der Waals surface area contributed by atoms with Gasteiger partial charge in [-0.25, -0.2) is 0 Å². The average Bonchev–Trinajstić information content (AvgIpc) is 3.07. The molecule has 0 saturated heterocycles. The van der Waals surface area contributed by atoms with E-state index in [0.29, 0.717) is 5.02 Å². The van der Waals surface area contributed by atoms with Gasteiger partial charge in [0.25, 0.3) is 0 Å². The fraction of sp³-hybridized carbons (Fsp3) is 0.238. The first-order chi connectivity index (χ1) is 13.0. The van der Waals surface area contributed by atoms with Crippen LogP contribution in [0.25, 0.3) is 11.1 Å². The second-order valence-electron chi connectivity index (χ2n) is 6.54. The molecule has 140 valence electrons. The monoisotopic (exact) mass is 383 g/mol. The minimum absolute atomic E-state index is 0.0313. The number of rotatable bonds is 7. The SMILES string of the molecule is CCC(CC(=O)O)c1ccc(-c2cnn(C)c2)c(Nc2ccc(Cl)cc2)c1. The normalized spacial score (nSPS) is 12.0. The van der Waals surface area contributed by atoms with E-state index in [9.17, 15) is 9.90 Å². The number of nitrogens with one attached hydrogen (secondary N) is 1. The molecule has 1 heterocycles. The van der Waals surface area contributed by atoms with Crippen molar-refractivity contribution in [1.29, 1.82) is 0 Å². The van der Waals surface area contributed by atoms with Crippen molar-refractivity contribution < 1.29 is 9.90 Å². The Hall–Kier alpha value is -2.79. The zero-order valence-electron chi connectivity index (χ0n) is 15.3. The van der Waals surface area contributed by atoms with Gasteiger partial charge < -0.3 is 10.4 Å². The number of nitrogens with zero attached hydrogens (tertiary/aromatic N) is 2. The van der Waals surface area contributed by atoms with Crippen molar-refractivity contribution in [2.24, 2.45) is 7.05 Å². The molecule has 0 fully saturated rings. The van der Waals surface area contributed by atoms with Gasteiger partial charge in [-0.15, -0.1) is 0 Å². The molecule has 0 spiro atoms. The van der Waals surface area contributed by atoms with E-state index in [2.05, 4.69) is 10.4 Å². The number of aryl methyl sites for hydroxylation is 1. The first-order valence-electron chi connectivity index (χ1n) is 8.83. The van der Waals surface area contributed by atoms with Gasteiger partial charge in [0.1, 0.15) is 0 Å². The van der Waals surface area contributed by atoms with E-state index in [-0.39, 0.29) is 12.3 Å². The van der Waals surface area contributed by atoms with Gasteiger partial charge in [-0.05, 0) is 48.2 Å². The number of anilines is 2. The fourth-order valence-corrected chi connectivity index (χ4v) is 3.25. The third kappa shape index (κ3) is 4.68. The van der Waals surface area contributed by atoms with Crippen LogP contribution in [0.4, 0.5) is 11.4 Å². The summed E-state index contributed by atoms with van der Waals surface area (Å²) in [6.45, 7) is 2.01. The molecule has 1 aromatic heterocycles. The van der Waals surface area contributed by atoms with Crippen molar-refractivity contribution in [2.45, 2.75) is 25.7 Å². The van der Waals surface area contributed by atoms with Crippen LogP contribution in [0.2, 0.25) is 5.02 Å². The third-order valence-electron chi connectivity index (χ3n) is 4.57. The zero-order valence-corrected chi connectivity index (χ0v) is 16.1. The Balaban J connectivity index is 2.02. The standard InChI is InChI=1S/C21H22ClN3O2/c1-3-14(11-21(26)27)15-4-9-19(16-12-23-25(2)13-16)20(10-15)24-18-7-5-17(22)6-8-18/h4-10,12-14,24H,3,11H2,1-2H3,(H,26,27). The van der Waals surface area contributed by atoms with Crippen molar-refractivity contribution in [3.05, 3.63) is 65.4 Å². The summed E-state index contributed by atoms with van der Waals surface area (Å²) in [6, 6.07) is 13.6. The molecule has 0 aliphatic carbocycles. The van der Waals surface area contributed by atoms with Crippen LogP contribution in [-0.4, -0.2) is 20.9 Å². The lowest BCUT2D eigenvalue weighted by atomic mass is 9.91. The first-order valence-corrected chi connectivity index (χ1v) is 9.21. The molecule has 3 aromatic rings. The lowest BCUT2D eigenvalue weighted by Gasteiger charge is -2.18. The Labute approximate surface area is 163 Å². The van der Waals surface area contributed by atoms with Crippen LogP contribution < -0.4 is 5.32 Å². The van der Waals surface area contributed by atoms with Crippen LogP contribution >= 0.6 is 11.6 Å². The van der Waals surface area contributed by atoms with Crippen LogP contribution in [0.15, 0.2) is 54.9 Å². The Kier molecular flexibility index (Phi) is 5.81. The lowest BCUT2D eigenvalue weighted by molar-refractivity contribution is -0.137. The summed E-state index contributed by atoms with van der Waals surface area (Å²) < 4.78 is 1.76. The van der Waals surface area contributed by atoms with Crippen LogP contribution in [0.1, 0.15) is 31.2 Å². The highest BCUT2D eigenvalue weighted by atomic mass is 35.5. The summed E-state index contributed by atoms with van der Waals surface area (Å²) >= 11 is 5.98. The number of carbonyl (C=O) groups is 1. The van der Waals surface area contributed by atoms with Gasteiger partial charge >= 0.3 is 5.97 Å². The molecule has 0 saturated carbocycles. The predicted molar refractivity (Wildman–Crippen MR) is 109 cm³/mol. The maximum atomic E-state index is 11.2. The van der Waals surface area contributed by atoms with E-state index in [4.69, 9.17) is 11.6 Å². The highest BCUT2D eigenvalue weighted by molar-refractivity contribution is 6.30. The average molecular weight is 384 g/mol. The number of carboxylic acid groups (broad SMARTS) is 1. The van der Waals surface area contributed by atoms with Gasteiger partial charge in [0.2, 0.25) is 0 Å². The van der Waals surface area contributed by atoms with E-state index in [0.717, 1.165) is 34.5 Å². The lowest BCUT2D eigenvalue weighted by Crippen LogP contribution is -2.06. The van der Waals surface area contributed by atoms with E-state index in [1.807, 2.05) is 68.8 Å². The van der Waals surface area contributed by atoms with Gasteiger partial charge in [0.05, 0.1) is 12.6 Å². The Morgan fingerprint density at radius 3 is 2.59 bits per heavy atom. The van der Waals surface area contributed by atoms with E-state index >= 15 is 0 Å². The van der Waals surface area contributed by atoms with Gasteiger partial charge in [-0.1, -0.05) is 30.7 Å². The molecule has 2 N–H and O–H groups in total. The number of carboxylic acids is 1. The number of aromatic nitrogens is 2. The minimum atomic E-state index is -0.787. The highest BCUT2D eigenvalue weighted by Gasteiger charge is 2.16. The molecule has 5 nitrogen and oxygen atoms in total. The largest absolute Gasteiger partial charge is 0.481 e. The Bertz CT molecular complexity index is 935. The van der Waals surface area contributed by atoms with Crippen LogP contribution in [0, 0.1) is 0 Å². The van der Waals surface area contributed by atoms with E-state index in [1.165, 1.54) is 0 Å². The molecule has 0 aliphatic rings. The first kappa shape index (κ1) is 19.0. The molecule has 3 rings (SSSR count). The van der Waals surface area contributed by atoms with Gasteiger partial charge in [0.15, 0.2) is 0 Å². The molecule has 2 aromatic carbocycles. The van der Waals surface area contributed by atoms with Crippen molar-refractivity contribution in [3.63, 3.8) is 0 Å². The van der Waals surface area contributed by atoms with Crippen molar-refractivity contribution >= 4 is 28.9 Å². The molecule has 0 bridgehead atoms. The number of halogens is 1. The topological polar surface area (TPSA) is 67.1 Å². The number of hydrogen-bond acceptors (Lipinski definition) is 3. The molecule has 1 unspecified atom stereocenters. The molecular weight excluding hydrogens is 362 g/mol. The summed E-state index contributed by atoms with van der Waals surface area (Å²) in [7, 11) is 1.88. The van der Waals surface area contributed by atoms with Crippen LogP contribution in [-0.2, 0) is 11.8 Å². The molecular formula is C21H22ClN3O2. The molecule has 1 atom stereocenters. The third-order valence-corrected chi connectivity index (χ3v) is 4.82. The van der Waals surface area contributed by atoms with Crippen molar-refractivity contribution in [2.75, 3.05) is 5.32 Å². The summed E-state index contributed by atoms with van der Waals surface area (Å²) in [6.07, 6.45) is 4.65. The Morgan fingerprint density at radius 1 is 1.26 bits per heavy atom. The second kappa shape index (κ2) is 8.27. The fourth-order valence-electron chi connectivity index (χ4n) is 3.13. The number of aliphatic carboxylic acids is 1. The summed E-state index contributed by atoms with van der Waals surface area (Å²) in [5.41, 5.74) is 4.82. The maximum Gasteiger partial charge on any atom is 0.303 e. The summed E-state index contributed by atoms with van der Waals surface area (Å²) in [4.78, 5) is 11.2. The van der Waals surface area contributed by atoms with E-state index in [1.54, 1.807) is 4.68 Å². The highest BCUT2D eigenvalue weighted by Crippen LogP contribution is 2.35. The van der Waals surface area contributed by atoms with Crippen molar-refractivity contribution in [3.8, 4) is 11.1 Å². The molecule has 0 radical (unpaired) electrons. The predicted octanol–water partition coefficient (Wildman–Crippen LogP) is 5.45. The maximum absolute atomic E-state index is 11.2. The zero-order chi connectivity index (χ0) is 19.4. The minimum Gasteiger partial charge on any atom is -0.481 e. The smallest absolute Gasteiger partial charge is 0.303 e. The molecule has 6 heteroatoms. The second-order valence-corrected chi connectivity index (χ2v) is 6.98. The van der Waals surface area contributed by atoms with Gasteiger partial charge in [0, 0.05) is 40.8 Å². The van der Waals surface area contributed by atoms with Gasteiger partial charge in [-0.3, -0.25) is 9.48 Å². The summed E-state index contributed by atoms with van der Waals surface area (Å²) in [5, 5.41) is 17.6. The molecule has 27 heavy (non-hydrogen) atoms.